The lowest BCUT2D eigenvalue weighted by molar-refractivity contribution is -0.148. The molecule has 0 N–H and O–H groups in total. The Morgan fingerprint density at radius 2 is 1.62 bits per heavy atom. The van der Waals surface area contributed by atoms with Crippen LogP contribution >= 0.6 is 11.8 Å². The maximum Gasteiger partial charge on any atom is 0.309 e. The summed E-state index contributed by atoms with van der Waals surface area (Å²) >= 11 is 1.90. The first-order chi connectivity index (χ1) is 12.7. The van der Waals surface area contributed by atoms with Crippen LogP contribution in [0.5, 0.6) is 0 Å². The summed E-state index contributed by atoms with van der Waals surface area (Å²) in [6.45, 7) is 6.92. The number of rotatable bonds is 15. The molecular formula is C23H38O2S. The fourth-order valence-electron chi connectivity index (χ4n) is 3.09. The van der Waals surface area contributed by atoms with Crippen molar-refractivity contribution in [3.63, 3.8) is 0 Å². The third-order valence-corrected chi connectivity index (χ3v) is 6.14. The van der Waals surface area contributed by atoms with E-state index in [0.717, 1.165) is 23.0 Å². The highest BCUT2D eigenvalue weighted by atomic mass is 32.2. The largest absolute Gasteiger partial charge is 0.461 e. The fourth-order valence-corrected chi connectivity index (χ4v) is 4.12. The Balaban J connectivity index is 2.13. The van der Waals surface area contributed by atoms with Crippen molar-refractivity contribution in [3.05, 3.63) is 35.9 Å². The van der Waals surface area contributed by atoms with Gasteiger partial charge in [0.05, 0.1) is 5.92 Å². The smallest absolute Gasteiger partial charge is 0.309 e. The van der Waals surface area contributed by atoms with Crippen molar-refractivity contribution in [2.75, 3.05) is 11.5 Å². The number of benzene rings is 1. The van der Waals surface area contributed by atoms with E-state index in [1.54, 1.807) is 0 Å². The standard InChI is InChI=1S/C23H38O2S/c1-4-6-12-21(13-7-5-2)16-11-17-26-19-20(3)23(24)25-18-22-14-9-8-10-15-22/h8-10,14-15,20-21H,4-7,11-13,16-19H2,1-3H3. The van der Waals surface area contributed by atoms with Gasteiger partial charge in [0.25, 0.3) is 0 Å². The number of thioether (sulfide) groups is 1. The normalized spacial score (nSPS) is 12.3. The van der Waals surface area contributed by atoms with E-state index in [4.69, 9.17) is 4.74 Å². The zero-order valence-electron chi connectivity index (χ0n) is 17.0. The molecule has 1 unspecified atom stereocenters. The molecule has 1 atom stereocenters. The van der Waals surface area contributed by atoms with Crippen LogP contribution < -0.4 is 0 Å². The lowest BCUT2D eigenvalue weighted by atomic mass is 9.92. The molecule has 0 aliphatic rings. The zero-order valence-corrected chi connectivity index (χ0v) is 17.9. The molecule has 1 rings (SSSR count). The zero-order chi connectivity index (χ0) is 19.0. The molecule has 0 amide bonds. The lowest BCUT2D eigenvalue weighted by Gasteiger charge is -2.16. The fraction of sp³-hybridized carbons (Fsp3) is 0.696. The van der Waals surface area contributed by atoms with Crippen LogP contribution in [0.3, 0.4) is 0 Å². The van der Waals surface area contributed by atoms with Crippen LogP contribution in [0.4, 0.5) is 0 Å². The van der Waals surface area contributed by atoms with Crippen LogP contribution in [0.1, 0.15) is 77.7 Å². The first-order valence-electron chi connectivity index (χ1n) is 10.5. The second kappa shape index (κ2) is 15.1. The molecule has 1 aromatic carbocycles. The first-order valence-corrected chi connectivity index (χ1v) is 11.6. The van der Waals surface area contributed by atoms with Gasteiger partial charge in [-0.1, -0.05) is 89.6 Å². The molecule has 0 aromatic heterocycles. The minimum absolute atomic E-state index is 0.0281. The van der Waals surface area contributed by atoms with Crippen LogP contribution in [-0.4, -0.2) is 17.5 Å². The Morgan fingerprint density at radius 1 is 1.00 bits per heavy atom. The molecule has 2 nitrogen and oxygen atoms in total. The topological polar surface area (TPSA) is 26.3 Å². The summed E-state index contributed by atoms with van der Waals surface area (Å²) in [6.07, 6.45) is 10.7. The molecule has 148 valence electrons. The Hall–Kier alpha value is -0.960. The van der Waals surface area contributed by atoms with Crippen molar-refractivity contribution in [2.24, 2.45) is 11.8 Å². The monoisotopic (exact) mass is 378 g/mol. The summed E-state index contributed by atoms with van der Waals surface area (Å²) in [5.74, 6) is 2.82. The SMILES string of the molecule is CCCCC(CCCC)CCCSCC(C)C(=O)OCc1ccccc1. The van der Waals surface area contributed by atoms with E-state index in [0.29, 0.717) is 6.61 Å². The van der Waals surface area contributed by atoms with E-state index < -0.39 is 0 Å². The third-order valence-electron chi connectivity index (χ3n) is 4.83. The van der Waals surface area contributed by atoms with Crippen LogP contribution in [0.2, 0.25) is 0 Å². The molecule has 0 radical (unpaired) electrons. The molecule has 1 aromatic rings. The number of carbonyl (C=O) groups is 1. The predicted molar refractivity (Wildman–Crippen MR) is 115 cm³/mol. The van der Waals surface area contributed by atoms with Crippen molar-refractivity contribution in [2.45, 2.75) is 78.7 Å². The van der Waals surface area contributed by atoms with Crippen molar-refractivity contribution in [1.82, 2.24) is 0 Å². The summed E-state index contributed by atoms with van der Waals surface area (Å²) < 4.78 is 5.42. The van der Waals surface area contributed by atoms with Gasteiger partial charge >= 0.3 is 5.97 Å². The molecule has 0 saturated heterocycles. The van der Waals surface area contributed by atoms with Crippen LogP contribution in [0, 0.1) is 11.8 Å². The summed E-state index contributed by atoms with van der Waals surface area (Å²) in [5.41, 5.74) is 1.05. The Kier molecular flexibility index (Phi) is 13.4. The molecule has 0 fully saturated rings. The average molecular weight is 379 g/mol. The average Bonchev–Trinajstić information content (AvgIpc) is 2.67. The van der Waals surface area contributed by atoms with Gasteiger partial charge in [0.15, 0.2) is 0 Å². The number of hydrogen-bond acceptors (Lipinski definition) is 3. The Morgan fingerprint density at radius 3 is 2.23 bits per heavy atom. The number of esters is 1. The van der Waals surface area contributed by atoms with Crippen LogP contribution in [-0.2, 0) is 16.1 Å². The van der Waals surface area contributed by atoms with Crippen LogP contribution in [0.25, 0.3) is 0 Å². The molecule has 0 aliphatic heterocycles. The van der Waals surface area contributed by atoms with Gasteiger partial charge in [-0.25, -0.2) is 0 Å². The molecule has 0 spiro atoms. The van der Waals surface area contributed by atoms with Gasteiger partial charge in [-0.3, -0.25) is 4.79 Å². The van der Waals surface area contributed by atoms with E-state index in [1.165, 1.54) is 51.4 Å². The molecule has 3 heteroatoms. The summed E-state index contributed by atoms with van der Waals surface area (Å²) in [7, 11) is 0. The second-order valence-electron chi connectivity index (χ2n) is 7.36. The highest BCUT2D eigenvalue weighted by Gasteiger charge is 2.15. The maximum absolute atomic E-state index is 12.1. The van der Waals surface area contributed by atoms with E-state index in [1.807, 2.05) is 49.0 Å². The molecule has 0 heterocycles. The van der Waals surface area contributed by atoms with E-state index >= 15 is 0 Å². The molecular weight excluding hydrogens is 340 g/mol. The quantitative estimate of drug-likeness (QED) is 0.246. The predicted octanol–water partition coefficient (Wildman–Crippen LogP) is 6.88. The van der Waals surface area contributed by atoms with Crippen LogP contribution in [0.15, 0.2) is 30.3 Å². The van der Waals surface area contributed by atoms with Gasteiger partial charge in [0, 0.05) is 5.75 Å². The number of carbonyl (C=O) groups excluding carboxylic acids is 1. The highest BCUT2D eigenvalue weighted by molar-refractivity contribution is 7.99. The van der Waals surface area contributed by atoms with Crippen molar-refractivity contribution in [3.8, 4) is 0 Å². The molecule has 0 bridgehead atoms. The molecule has 0 aliphatic carbocycles. The van der Waals surface area contributed by atoms with Crippen molar-refractivity contribution in [1.29, 1.82) is 0 Å². The van der Waals surface area contributed by atoms with Crippen molar-refractivity contribution >= 4 is 17.7 Å². The lowest BCUT2D eigenvalue weighted by Crippen LogP contribution is -2.17. The van der Waals surface area contributed by atoms with Gasteiger partial charge in [0.2, 0.25) is 0 Å². The first kappa shape index (κ1) is 23.1. The van der Waals surface area contributed by atoms with Gasteiger partial charge in [-0.2, -0.15) is 11.8 Å². The van der Waals surface area contributed by atoms with Crippen molar-refractivity contribution < 1.29 is 9.53 Å². The molecule has 0 saturated carbocycles. The Bertz CT molecular complexity index is 453. The Labute approximate surface area is 165 Å². The minimum atomic E-state index is -0.0786. The second-order valence-corrected chi connectivity index (χ2v) is 8.51. The maximum atomic E-state index is 12.1. The highest BCUT2D eigenvalue weighted by Crippen LogP contribution is 2.23. The van der Waals surface area contributed by atoms with Gasteiger partial charge < -0.3 is 4.74 Å². The summed E-state index contributed by atoms with van der Waals surface area (Å²) in [6, 6.07) is 9.88. The summed E-state index contributed by atoms with van der Waals surface area (Å²) in [4.78, 5) is 12.1. The number of ether oxygens (including phenoxy) is 1. The van der Waals surface area contributed by atoms with E-state index in [-0.39, 0.29) is 11.9 Å². The number of unbranched alkanes of at least 4 members (excludes halogenated alkanes) is 2. The van der Waals surface area contributed by atoms with Gasteiger partial charge in [0.1, 0.15) is 6.61 Å². The van der Waals surface area contributed by atoms with E-state index in [2.05, 4.69) is 13.8 Å². The van der Waals surface area contributed by atoms with Gasteiger partial charge in [-0.15, -0.1) is 0 Å². The van der Waals surface area contributed by atoms with E-state index in [9.17, 15) is 4.79 Å². The third kappa shape index (κ3) is 10.9. The summed E-state index contributed by atoms with van der Waals surface area (Å²) in [5, 5.41) is 0. The molecule has 26 heavy (non-hydrogen) atoms. The number of hydrogen-bond donors (Lipinski definition) is 0. The minimum Gasteiger partial charge on any atom is -0.461 e. The van der Waals surface area contributed by atoms with Gasteiger partial charge in [-0.05, 0) is 30.1 Å².